The molecule has 0 fully saturated rings. The number of ketones is 1. The molecule has 0 radical (unpaired) electrons. The lowest BCUT2D eigenvalue weighted by Crippen LogP contribution is -2.33. The number of carbonyl (C=O) groups excluding carboxylic acids is 1. The second-order valence-electron chi connectivity index (χ2n) is 5.81. The fourth-order valence-electron chi connectivity index (χ4n) is 2.18. The maximum absolute atomic E-state index is 13.1. The summed E-state index contributed by atoms with van der Waals surface area (Å²) in [4.78, 5) is 28.6. The highest BCUT2D eigenvalue weighted by Crippen LogP contribution is 2.50. The molecule has 1 aromatic heterocycles. The summed E-state index contributed by atoms with van der Waals surface area (Å²) in [6, 6.07) is 0. The van der Waals surface area contributed by atoms with Crippen LogP contribution in [0.1, 0.15) is 6.92 Å². The highest BCUT2D eigenvalue weighted by molar-refractivity contribution is 7.65. The molecule has 0 spiro atoms. The van der Waals surface area contributed by atoms with Crippen LogP contribution >= 0.6 is 16.6 Å². The van der Waals surface area contributed by atoms with Gasteiger partial charge in [-0.05, 0) is 19.1 Å². The van der Waals surface area contributed by atoms with Crippen molar-refractivity contribution in [3.63, 3.8) is 0 Å². The number of aromatic nitrogens is 2. The van der Waals surface area contributed by atoms with Gasteiger partial charge in [0.2, 0.25) is 0 Å². The largest absolute Gasteiger partial charge is 0.627 e. The van der Waals surface area contributed by atoms with Gasteiger partial charge in [0.15, 0.2) is 23.1 Å². The van der Waals surface area contributed by atoms with Crippen LogP contribution in [-0.2, 0) is 15.9 Å². The summed E-state index contributed by atoms with van der Waals surface area (Å²) < 4.78 is 6.52. The summed E-state index contributed by atoms with van der Waals surface area (Å²) in [6.07, 6.45) is 4.10. The van der Waals surface area contributed by atoms with E-state index in [1.807, 2.05) is 0 Å². The van der Waals surface area contributed by atoms with E-state index in [2.05, 4.69) is 4.98 Å². The second kappa shape index (κ2) is 9.14. The van der Waals surface area contributed by atoms with Crippen molar-refractivity contribution in [1.29, 1.82) is 0 Å². The third kappa shape index (κ3) is 5.07. The maximum Gasteiger partial charge on any atom is 0.276 e. The Morgan fingerprint density at radius 1 is 1.52 bits per heavy atom. The molecule has 0 saturated carbocycles. The van der Waals surface area contributed by atoms with E-state index in [9.17, 15) is 30.1 Å². The van der Waals surface area contributed by atoms with Gasteiger partial charge in [0.25, 0.3) is 5.08 Å². The molecule has 0 aromatic carbocycles. The number of hydrogen-bond acceptors (Lipinski definition) is 9. The number of aliphatic hydroxyl groups is 4. The lowest BCUT2D eigenvalue weighted by molar-refractivity contribution is -0.163. The van der Waals surface area contributed by atoms with E-state index < -0.39 is 45.6 Å². The zero-order valence-electron chi connectivity index (χ0n) is 14.4. The summed E-state index contributed by atoms with van der Waals surface area (Å²) in [6.45, 7) is 0.730. The van der Waals surface area contributed by atoms with Gasteiger partial charge in [-0.2, -0.15) is 0 Å². The molecule has 4 unspecified atom stereocenters. The highest BCUT2D eigenvalue weighted by Gasteiger charge is 2.43. The monoisotopic (exact) mass is 417 g/mol. The molecule has 12 heteroatoms. The molecule has 0 aliphatic heterocycles. The van der Waals surface area contributed by atoms with Gasteiger partial charge in [0.05, 0.1) is 18.4 Å². The van der Waals surface area contributed by atoms with E-state index in [-0.39, 0.29) is 24.0 Å². The molecule has 0 bridgehead atoms. The van der Waals surface area contributed by atoms with Crippen LogP contribution < -0.4 is 10.6 Å². The Kier molecular flexibility index (Phi) is 7.39. The Morgan fingerprint density at radius 3 is 2.78 bits per heavy atom. The van der Waals surface area contributed by atoms with Crippen molar-refractivity contribution in [2.75, 3.05) is 6.54 Å². The summed E-state index contributed by atoms with van der Waals surface area (Å²) in [5.41, 5.74) is 5.19. The van der Waals surface area contributed by atoms with E-state index in [1.165, 1.54) is 42.4 Å². The molecule has 0 amide bonds. The molecular formula is C15H21N3O7P2. The average molecular weight is 417 g/mol. The molecule has 1 heterocycles. The highest BCUT2D eigenvalue weighted by atomic mass is 31.2. The molecular weight excluding hydrogens is 396 g/mol. The number of rotatable bonds is 9. The maximum atomic E-state index is 13.1. The Hall–Kier alpha value is -1.48. The molecule has 6 N–H and O–H groups in total. The van der Waals surface area contributed by atoms with Crippen molar-refractivity contribution in [3.05, 3.63) is 42.2 Å². The molecule has 1 aliphatic rings. The van der Waals surface area contributed by atoms with Crippen molar-refractivity contribution < 1.29 is 34.6 Å². The quantitative estimate of drug-likeness (QED) is 0.241. The third-order valence-corrected chi connectivity index (χ3v) is 7.00. The van der Waals surface area contributed by atoms with Gasteiger partial charge in [-0.3, -0.25) is 4.79 Å². The summed E-state index contributed by atoms with van der Waals surface area (Å²) in [5, 5.41) is 38.0. The first-order valence-corrected chi connectivity index (χ1v) is 10.0. The zero-order chi connectivity index (χ0) is 20.2. The first-order valence-electron chi connectivity index (χ1n) is 7.86. The van der Waals surface area contributed by atoms with Gasteiger partial charge < -0.3 is 40.1 Å². The first-order chi connectivity index (χ1) is 12.7. The number of nitrogens with zero attached hydrogens (tertiary/aromatic N) is 2. The average Bonchev–Trinajstić information content (AvgIpc) is 3.27. The van der Waals surface area contributed by atoms with Crippen molar-refractivity contribution >= 4 is 27.7 Å². The Morgan fingerprint density at radius 2 is 2.22 bits per heavy atom. The minimum atomic E-state index is -2.70. The van der Waals surface area contributed by atoms with Crippen LogP contribution in [0, 0.1) is 0 Å². The lowest BCUT2D eigenvalue weighted by Gasteiger charge is -2.26. The number of Topliss-reactive ketones (excluding diaryl/α,β-unsaturated/α-hetero) is 1. The predicted molar refractivity (Wildman–Crippen MR) is 99.0 cm³/mol. The number of carbonyl (C=O) groups is 1. The fraction of sp³-hybridized carbons (Fsp3) is 0.400. The van der Waals surface area contributed by atoms with Gasteiger partial charge in [-0.1, -0.05) is 0 Å². The van der Waals surface area contributed by atoms with E-state index in [0.717, 1.165) is 0 Å². The van der Waals surface area contributed by atoms with E-state index in [4.69, 9.17) is 10.3 Å². The van der Waals surface area contributed by atoms with Crippen LogP contribution in [0.5, 0.6) is 0 Å². The molecule has 1 aliphatic carbocycles. The summed E-state index contributed by atoms with van der Waals surface area (Å²) in [5.74, 6) is -1.06. The van der Waals surface area contributed by atoms with E-state index in [1.54, 1.807) is 0 Å². The van der Waals surface area contributed by atoms with Crippen molar-refractivity contribution in [3.8, 4) is 0 Å². The molecule has 10 nitrogen and oxygen atoms in total. The van der Waals surface area contributed by atoms with Crippen LogP contribution in [0.4, 0.5) is 0 Å². The van der Waals surface area contributed by atoms with Crippen molar-refractivity contribution in [1.82, 2.24) is 9.55 Å². The number of aliphatic hydroxyl groups excluding tert-OH is 3. The van der Waals surface area contributed by atoms with Crippen molar-refractivity contribution in [2.45, 2.75) is 30.9 Å². The molecule has 27 heavy (non-hydrogen) atoms. The van der Waals surface area contributed by atoms with Gasteiger partial charge in [0.1, 0.15) is 29.2 Å². The Balaban J connectivity index is 2.39. The van der Waals surface area contributed by atoms with Gasteiger partial charge in [-0.25, -0.2) is 4.98 Å². The predicted octanol–water partition coefficient (Wildman–Crippen LogP) is -1.32. The van der Waals surface area contributed by atoms with Crippen LogP contribution in [0.2, 0.25) is 0 Å². The van der Waals surface area contributed by atoms with Gasteiger partial charge in [-0.15, -0.1) is 0 Å². The van der Waals surface area contributed by atoms with Gasteiger partial charge in [0, 0.05) is 12.4 Å². The number of allylic oxidation sites excluding steroid dienone is 2. The van der Waals surface area contributed by atoms with E-state index in [0.29, 0.717) is 0 Å². The zero-order valence-corrected chi connectivity index (χ0v) is 16.3. The molecule has 2 rings (SSSR count). The smallest absolute Gasteiger partial charge is 0.276 e. The number of imidazole rings is 1. The van der Waals surface area contributed by atoms with Gasteiger partial charge >= 0.3 is 0 Å². The standard InChI is InChI=1S/C15H21N3O7P2/c1-9(19)14(22)25-26-15(23,7-18-5-4-17-8-18)27(24)12-3-2-10(13(12)21)11(20)6-16/h2-5,8-9,14,19,21-23,26H,6-7,16H2,1H3/t9-,14?,15?/m0/s1. The SMILES string of the molecule is C[C@H](O)C(O)OPC(O)(Cn1ccnc1)[P+]([O-])=C1C=CC(C(=O)CN)=C1O. The normalized spacial score (nSPS) is 21.0. The number of hydrogen-bond donors (Lipinski definition) is 5. The van der Waals surface area contributed by atoms with E-state index >= 15 is 0 Å². The summed E-state index contributed by atoms with van der Waals surface area (Å²) in [7, 11) is -3.61. The molecule has 0 saturated heterocycles. The van der Waals surface area contributed by atoms with Crippen LogP contribution in [0.25, 0.3) is 0 Å². The molecule has 1 aromatic rings. The minimum Gasteiger partial charge on any atom is -0.627 e. The number of nitrogens with two attached hydrogens (primary N) is 1. The Bertz CT molecular complexity index is 776. The van der Waals surface area contributed by atoms with Crippen LogP contribution in [-0.4, -0.2) is 65.1 Å². The van der Waals surface area contributed by atoms with Crippen LogP contribution in [0.15, 0.2) is 42.2 Å². The minimum absolute atomic E-state index is 0.0888. The van der Waals surface area contributed by atoms with Crippen molar-refractivity contribution in [2.24, 2.45) is 5.73 Å². The lowest BCUT2D eigenvalue weighted by atomic mass is 10.2. The summed E-state index contributed by atoms with van der Waals surface area (Å²) >= 11 is 0. The third-order valence-electron chi connectivity index (χ3n) is 3.66. The molecule has 5 atom stereocenters. The second-order valence-corrected chi connectivity index (χ2v) is 9.30. The molecule has 148 valence electrons. The first kappa shape index (κ1) is 21.8. The topological polar surface area (TPSA) is 174 Å². The Labute approximate surface area is 157 Å². The fourth-order valence-corrected chi connectivity index (χ4v) is 5.00. The van der Waals surface area contributed by atoms with Crippen LogP contribution in [0.3, 0.4) is 0 Å².